The van der Waals surface area contributed by atoms with Crippen molar-refractivity contribution < 1.29 is 0 Å². The van der Waals surface area contributed by atoms with Gasteiger partial charge in [-0.25, -0.2) is 4.98 Å². The molecule has 2 aromatic heterocycles. The zero-order chi connectivity index (χ0) is 12.5. The average molecular weight is 266 g/mol. The number of aromatic nitrogens is 4. The first-order chi connectivity index (χ1) is 8.81. The molecule has 1 saturated carbocycles. The summed E-state index contributed by atoms with van der Waals surface area (Å²) in [4.78, 5) is 6.76. The Morgan fingerprint density at radius 3 is 2.94 bits per heavy atom. The van der Waals surface area contributed by atoms with E-state index in [0.717, 1.165) is 23.8 Å². The van der Waals surface area contributed by atoms with Crippen LogP contribution in [0.5, 0.6) is 0 Å². The van der Waals surface area contributed by atoms with Crippen LogP contribution in [0.2, 0.25) is 0 Å². The molecule has 2 heterocycles. The second-order valence-corrected chi connectivity index (χ2v) is 5.04. The maximum absolute atomic E-state index is 5.92. The first-order valence-corrected chi connectivity index (χ1v) is 6.83. The van der Waals surface area contributed by atoms with E-state index in [1.54, 1.807) is 6.20 Å². The molecule has 1 fully saturated rings. The SMILES string of the molecule is Cc1nnc2c(N(CCCl)C3CCC3)nccn12. The van der Waals surface area contributed by atoms with E-state index in [1.165, 1.54) is 19.3 Å². The zero-order valence-electron chi connectivity index (χ0n) is 10.4. The molecular weight excluding hydrogens is 250 g/mol. The maximum atomic E-state index is 5.92. The fraction of sp³-hybridized carbons (Fsp3) is 0.583. The van der Waals surface area contributed by atoms with Crippen molar-refractivity contribution in [1.82, 2.24) is 19.6 Å². The van der Waals surface area contributed by atoms with Crippen LogP contribution < -0.4 is 4.90 Å². The van der Waals surface area contributed by atoms with Crippen molar-refractivity contribution in [3.05, 3.63) is 18.2 Å². The summed E-state index contributed by atoms with van der Waals surface area (Å²) in [5.41, 5.74) is 0.826. The van der Waals surface area contributed by atoms with E-state index in [-0.39, 0.29) is 0 Å². The molecule has 0 saturated heterocycles. The number of hydrogen-bond donors (Lipinski definition) is 0. The minimum absolute atomic E-state index is 0.555. The van der Waals surface area contributed by atoms with Crippen LogP contribution in [0, 0.1) is 6.92 Å². The second-order valence-electron chi connectivity index (χ2n) is 4.66. The van der Waals surface area contributed by atoms with Crippen molar-refractivity contribution in [2.75, 3.05) is 17.3 Å². The van der Waals surface area contributed by atoms with Crippen LogP contribution in [-0.4, -0.2) is 38.0 Å². The van der Waals surface area contributed by atoms with Crippen LogP contribution in [-0.2, 0) is 0 Å². The summed E-state index contributed by atoms with van der Waals surface area (Å²) < 4.78 is 1.97. The predicted molar refractivity (Wildman–Crippen MR) is 71.2 cm³/mol. The topological polar surface area (TPSA) is 46.3 Å². The van der Waals surface area contributed by atoms with E-state index >= 15 is 0 Å². The third-order valence-electron chi connectivity index (χ3n) is 3.59. The Hall–Kier alpha value is -1.36. The summed E-state index contributed by atoms with van der Waals surface area (Å²) in [6.45, 7) is 2.75. The Morgan fingerprint density at radius 2 is 2.28 bits per heavy atom. The minimum atomic E-state index is 0.555. The van der Waals surface area contributed by atoms with E-state index in [0.29, 0.717) is 11.9 Å². The number of fused-ring (bicyclic) bond motifs is 1. The van der Waals surface area contributed by atoms with Crippen LogP contribution in [0.15, 0.2) is 12.4 Å². The third-order valence-corrected chi connectivity index (χ3v) is 3.76. The van der Waals surface area contributed by atoms with Gasteiger partial charge < -0.3 is 4.90 Å². The fourth-order valence-electron chi connectivity index (χ4n) is 2.38. The lowest BCUT2D eigenvalue weighted by Gasteiger charge is -2.37. The van der Waals surface area contributed by atoms with Crippen molar-refractivity contribution in [3.8, 4) is 0 Å². The number of anilines is 1. The molecule has 1 aliphatic rings. The third kappa shape index (κ3) is 1.82. The van der Waals surface area contributed by atoms with Gasteiger partial charge in [0.25, 0.3) is 0 Å². The van der Waals surface area contributed by atoms with Crippen LogP contribution in [0.3, 0.4) is 0 Å². The summed E-state index contributed by atoms with van der Waals surface area (Å²) >= 11 is 5.92. The predicted octanol–water partition coefficient (Wildman–Crippen LogP) is 2.03. The maximum Gasteiger partial charge on any atom is 0.203 e. The van der Waals surface area contributed by atoms with Gasteiger partial charge in [0.1, 0.15) is 5.82 Å². The molecule has 6 heteroatoms. The van der Waals surface area contributed by atoms with E-state index in [1.807, 2.05) is 17.5 Å². The molecule has 0 spiro atoms. The molecule has 0 aliphatic heterocycles. The van der Waals surface area contributed by atoms with Gasteiger partial charge in [0.2, 0.25) is 5.65 Å². The summed E-state index contributed by atoms with van der Waals surface area (Å²) in [7, 11) is 0. The van der Waals surface area contributed by atoms with Crippen molar-refractivity contribution in [1.29, 1.82) is 0 Å². The molecule has 96 valence electrons. The Labute approximate surface area is 111 Å². The first kappa shape index (κ1) is 11.7. The molecule has 2 aromatic rings. The number of nitrogens with zero attached hydrogens (tertiary/aromatic N) is 5. The van der Waals surface area contributed by atoms with Crippen LogP contribution in [0.4, 0.5) is 5.82 Å². The highest BCUT2D eigenvalue weighted by Gasteiger charge is 2.27. The second kappa shape index (κ2) is 4.72. The molecule has 0 bridgehead atoms. The molecule has 5 nitrogen and oxygen atoms in total. The highest BCUT2D eigenvalue weighted by molar-refractivity contribution is 6.18. The molecule has 0 amide bonds. The normalized spacial score (nSPS) is 15.9. The van der Waals surface area contributed by atoms with E-state index in [2.05, 4.69) is 20.1 Å². The van der Waals surface area contributed by atoms with Gasteiger partial charge in [-0.3, -0.25) is 4.40 Å². The summed E-state index contributed by atoms with van der Waals surface area (Å²) in [5.74, 6) is 2.39. The highest BCUT2D eigenvalue weighted by atomic mass is 35.5. The van der Waals surface area contributed by atoms with Gasteiger partial charge in [0.15, 0.2) is 5.82 Å². The smallest absolute Gasteiger partial charge is 0.203 e. The molecule has 18 heavy (non-hydrogen) atoms. The number of hydrogen-bond acceptors (Lipinski definition) is 4. The minimum Gasteiger partial charge on any atom is -0.349 e. The lowest BCUT2D eigenvalue weighted by molar-refractivity contribution is 0.389. The van der Waals surface area contributed by atoms with E-state index < -0.39 is 0 Å². The molecule has 0 atom stereocenters. The average Bonchev–Trinajstić information content (AvgIpc) is 2.69. The molecular formula is C12H16ClN5. The Bertz CT molecular complexity index is 548. The van der Waals surface area contributed by atoms with Gasteiger partial charge in [-0.2, -0.15) is 0 Å². The Balaban J connectivity index is 2.04. The summed E-state index contributed by atoms with van der Waals surface area (Å²) in [5, 5.41) is 8.34. The monoisotopic (exact) mass is 265 g/mol. The number of halogens is 1. The van der Waals surface area contributed by atoms with Crippen molar-refractivity contribution >= 4 is 23.1 Å². The Morgan fingerprint density at radius 1 is 1.44 bits per heavy atom. The van der Waals surface area contributed by atoms with E-state index in [9.17, 15) is 0 Å². The van der Waals surface area contributed by atoms with Crippen molar-refractivity contribution in [2.24, 2.45) is 0 Å². The van der Waals surface area contributed by atoms with Gasteiger partial charge in [0, 0.05) is 30.9 Å². The molecule has 0 aromatic carbocycles. The van der Waals surface area contributed by atoms with Crippen molar-refractivity contribution in [3.63, 3.8) is 0 Å². The molecule has 0 radical (unpaired) electrons. The zero-order valence-corrected chi connectivity index (χ0v) is 11.1. The summed E-state index contributed by atoms with van der Waals surface area (Å²) in [6, 6.07) is 0.555. The number of aryl methyl sites for hydroxylation is 1. The van der Waals surface area contributed by atoms with Crippen molar-refractivity contribution in [2.45, 2.75) is 32.2 Å². The largest absolute Gasteiger partial charge is 0.349 e. The molecule has 3 rings (SSSR count). The standard InChI is InChI=1S/C12H16ClN5/c1-9-15-16-12-11(14-6-8-17(9)12)18(7-5-13)10-3-2-4-10/h6,8,10H,2-5,7H2,1H3. The highest BCUT2D eigenvalue weighted by Crippen LogP contribution is 2.30. The quantitative estimate of drug-likeness (QED) is 0.794. The van der Waals surface area contributed by atoms with Gasteiger partial charge >= 0.3 is 0 Å². The molecule has 1 aliphatic carbocycles. The number of rotatable bonds is 4. The fourth-order valence-corrected chi connectivity index (χ4v) is 2.56. The lowest BCUT2D eigenvalue weighted by Crippen LogP contribution is -2.42. The van der Waals surface area contributed by atoms with Crippen LogP contribution in [0.1, 0.15) is 25.1 Å². The number of alkyl halides is 1. The summed E-state index contributed by atoms with van der Waals surface area (Å²) in [6.07, 6.45) is 7.42. The van der Waals surface area contributed by atoms with Gasteiger partial charge in [-0.15, -0.1) is 21.8 Å². The van der Waals surface area contributed by atoms with E-state index in [4.69, 9.17) is 11.6 Å². The Kier molecular flexibility index (Phi) is 3.07. The van der Waals surface area contributed by atoms with Gasteiger partial charge in [-0.05, 0) is 26.2 Å². The van der Waals surface area contributed by atoms with Crippen LogP contribution >= 0.6 is 11.6 Å². The van der Waals surface area contributed by atoms with Crippen LogP contribution in [0.25, 0.3) is 5.65 Å². The van der Waals surface area contributed by atoms with Gasteiger partial charge in [-0.1, -0.05) is 0 Å². The lowest BCUT2D eigenvalue weighted by atomic mass is 9.91. The first-order valence-electron chi connectivity index (χ1n) is 6.30. The van der Waals surface area contributed by atoms with Gasteiger partial charge in [0.05, 0.1) is 0 Å². The molecule has 0 N–H and O–H groups in total. The molecule has 0 unspecified atom stereocenters.